The van der Waals surface area contributed by atoms with Crippen LogP contribution >= 0.6 is 11.8 Å². The highest BCUT2D eigenvalue weighted by molar-refractivity contribution is 8.14. The first-order valence-electron chi connectivity index (χ1n) is 13.8. The summed E-state index contributed by atoms with van der Waals surface area (Å²) in [5.41, 5.74) is 5.48. The minimum absolute atomic E-state index is 0.0308. The van der Waals surface area contributed by atoms with Crippen molar-refractivity contribution in [2.24, 2.45) is 4.99 Å². The molecular formula is C35H26N4O4S. The fourth-order valence-electron chi connectivity index (χ4n) is 4.85. The Balaban J connectivity index is 1.18. The molecule has 0 fully saturated rings. The molecule has 0 unspecified atom stereocenters. The molecule has 216 valence electrons. The molecule has 1 aliphatic rings. The van der Waals surface area contributed by atoms with Crippen LogP contribution in [0.3, 0.4) is 0 Å². The average molecular weight is 599 g/mol. The summed E-state index contributed by atoms with van der Waals surface area (Å²) in [6.07, 6.45) is 1.77. The van der Waals surface area contributed by atoms with Crippen LogP contribution in [0.4, 0.5) is 11.4 Å². The number of aryl methyl sites for hydroxylation is 1. The van der Waals surface area contributed by atoms with Gasteiger partial charge in [0, 0.05) is 16.6 Å². The Morgan fingerprint density at radius 3 is 2.36 bits per heavy atom. The van der Waals surface area contributed by atoms with E-state index in [1.165, 1.54) is 16.7 Å². The number of nitrogens with zero attached hydrogens (tertiary/aromatic N) is 3. The Bertz CT molecular complexity index is 1970. The summed E-state index contributed by atoms with van der Waals surface area (Å²) in [6, 6.07) is 32.7. The number of aromatic nitrogens is 1. The van der Waals surface area contributed by atoms with Crippen LogP contribution in [-0.2, 0) is 9.59 Å². The van der Waals surface area contributed by atoms with E-state index in [-0.39, 0.29) is 23.1 Å². The molecule has 2 N–H and O–H groups in total. The zero-order chi connectivity index (χ0) is 30.6. The fourth-order valence-corrected chi connectivity index (χ4v) is 5.66. The number of anilines is 2. The van der Waals surface area contributed by atoms with Gasteiger partial charge in [-0.25, -0.2) is 14.8 Å². The third kappa shape index (κ3) is 5.99. The molecule has 0 spiro atoms. The smallest absolute Gasteiger partial charge is 0.336 e. The van der Waals surface area contributed by atoms with E-state index in [0.29, 0.717) is 38.8 Å². The van der Waals surface area contributed by atoms with Gasteiger partial charge >= 0.3 is 5.97 Å². The summed E-state index contributed by atoms with van der Waals surface area (Å²) in [6.45, 7) is 1.97. The first kappa shape index (κ1) is 28.6. The van der Waals surface area contributed by atoms with Crippen LogP contribution in [-0.4, -0.2) is 38.8 Å². The number of hydrogen-bond donors (Lipinski definition) is 2. The van der Waals surface area contributed by atoms with Crippen molar-refractivity contribution in [1.82, 2.24) is 4.98 Å². The van der Waals surface area contributed by atoms with Crippen molar-refractivity contribution in [2.75, 3.05) is 16.0 Å². The van der Waals surface area contributed by atoms with E-state index in [1.54, 1.807) is 54.6 Å². The Hall–Kier alpha value is -5.54. The number of carbonyl (C=O) groups excluding carboxylic acids is 2. The lowest BCUT2D eigenvalue weighted by Gasteiger charge is -2.17. The van der Waals surface area contributed by atoms with Gasteiger partial charge in [0.25, 0.3) is 5.91 Å². The van der Waals surface area contributed by atoms with Gasteiger partial charge in [0.2, 0.25) is 5.91 Å². The highest BCUT2D eigenvalue weighted by Gasteiger charge is 2.32. The average Bonchev–Trinajstić information content (AvgIpc) is 3.35. The fraction of sp³-hybridized carbons (Fsp3) is 0.0571. The number of hydrogen-bond acceptors (Lipinski definition) is 6. The molecule has 0 saturated heterocycles. The van der Waals surface area contributed by atoms with Crippen LogP contribution in [0.25, 0.3) is 28.2 Å². The predicted molar refractivity (Wildman–Crippen MR) is 176 cm³/mol. The van der Waals surface area contributed by atoms with Crippen LogP contribution < -0.4 is 10.2 Å². The molecule has 5 aromatic rings. The SMILES string of the molecule is Cc1ccccc1/C=C1\N=C(SCC(=O)Nc2ccc(-c3cc(C(=O)O)c4ccccc4n3)cc2)N(c2ccccc2)C1=O. The number of benzene rings is 4. The van der Waals surface area contributed by atoms with Gasteiger partial charge in [-0.3, -0.25) is 14.5 Å². The molecule has 1 aromatic heterocycles. The molecule has 0 aliphatic carbocycles. The van der Waals surface area contributed by atoms with Crippen LogP contribution in [0.15, 0.2) is 120 Å². The van der Waals surface area contributed by atoms with Gasteiger partial charge in [-0.1, -0.05) is 84.6 Å². The Kier molecular flexibility index (Phi) is 8.03. The Morgan fingerprint density at radius 1 is 0.909 bits per heavy atom. The number of amides is 2. The molecule has 0 bridgehead atoms. The van der Waals surface area contributed by atoms with Crippen LogP contribution in [0.2, 0.25) is 0 Å². The molecule has 0 atom stereocenters. The number of carbonyl (C=O) groups is 3. The van der Waals surface area contributed by atoms with Gasteiger partial charge < -0.3 is 10.4 Å². The number of pyridine rings is 1. The molecule has 2 amide bonds. The lowest BCUT2D eigenvalue weighted by atomic mass is 10.0. The number of aliphatic imine (C=N–C) groups is 1. The van der Waals surface area contributed by atoms with Gasteiger partial charge in [0.15, 0.2) is 5.17 Å². The molecule has 8 nitrogen and oxygen atoms in total. The van der Waals surface area contributed by atoms with Crippen LogP contribution in [0.5, 0.6) is 0 Å². The van der Waals surface area contributed by atoms with Crippen molar-refractivity contribution in [2.45, 2.75) is 6.92 Å². The number of fused-ring (bicyclic) bond motifs is 1. The maximum absolute atomic E-state index is 13.4. The maximum Gasteiger partial charge on any atom is 0.336 e. The second-order valence-corrected chi connectivity index (χ2v) is 11.0. The summed E-state index contributed by atoms with van der Waals surface area (Å²) >= 11 is 1.18. The van der Waals surface area contributed by atoms with Crippen molar-refractivity contribution in [3.8, 4) is 11.3 Å². The molecule has 4 aromatic carbocycles. The van der Waals surface area contributed by atoms with Crippen molar-refractivity contribution >= 4 is 63.1 Å². The zero-order valence-corrected chi connectivity index (χ0v) is 24.4. The molecular weight excluding hydrogens is 572 g/mol. The molecule has 6 rings (SSSR count). The van der Waals surface area contributed by atoms with Gasteiger partial charge in [0.05, 0.1) is 28.2 Å². The largest absolute Gasteiger partial charge is 0.478 e. The van der Waals surface area contributed by atoms with Gasteiger partial charge in [-0.2, -0.15) is 0 Å². The zero-order valence-electron chi connectivity index (χ0n) is 23.6. The lowest BCUT2D eigenvalue weighted by Crippen LogP contribution is -2.31. The Labute approximate surface area is 257 Å². The third-order valence-electron chi connectivity index (χ3n) is 7.07. The number of thioether (sulfide) groups is 1. The topological polar surface area (TPSA) is 112 Å². The Morgan fingerprint density at radius 2 is 1.61 bits per heavy atom. The van der Waals surface area contributed by atoms with E-state index in [1.807, 2.05) is 67.6 Å². The van der Waals surface area contributed by atoms with E-state index in [2.05, 4.69) is 15.3 Å². The van der Waals surface area contributed by atoms with E-state index >= 15 is 0 Å². The standard InChI is InChI=1S/C35H26N4O4S/c1-22-9-5-6-10-24(22)19-31-33(41)39(26-11-3-2-4-12-26)35(38-31)44-21-32(40)36-25-17-15-23(16-18-25)30-20-28(34(42)43)27-13-7-8-14-29(27)37-30/h2-20H,21H2,1H3,(H,36,40)(H,42,43)/b31-19-. The maximum atomic E-state index is 13.4. The van der Waals surface area contributed by atoms with E-state index in [9.17, 15) is 19.5 Å². The highest BCUT2D eigenvalue weighted by Crippen LogP contribution is 2.30. The van der Waals surface area contributed by atoms with Crippen molar-refractivity contribution < 1.29 is 19.5 Å². The summed E-state index contributed by atoms with van der Waals surface area (Å²) in [5, 5.41) is 13.6. The van der Waals surface area contributed by atoms with Gasteiger partial charge in [-0.05, 0) is 60.5 Å². The number of carboxylic acids is 1. The molecule has 2 heterocycles. The number of rotatable bonds is 7. The number of nitrogens with one attached hydrogen (secondary N) is 1. The molecule has 0 saturated carbocycles. The summed E-state index contributed by atoms with van der Waals surface area (Å²) in [5.74, 6) is -1.52. The molecule has 9 heteroatoms. The molecule has 44 heavy (non-hydrogen) atoms. The monoisotopic (exact) mass is 598 g/mol. The number of carboxylic acid groups (broad SMARTS) is 1. The second-order valence-electron chi connectivity index (χ2n) is 10.0. The molecule has 1 aliphatic heterocycles. The summed E-state index contributed by atoms with van der Waals surface area (Å²) in [4.78, 5) is 49.0. The number of amidine groups is 1. The minimum atomic E-state index is -1.02. The third-order valence-corrected chi connectivity index (χ3v) is 8.01. The first-order valence-corrected chi connectivity index (χ1v) is 14.8. The number of para-hydroxylation sites is 2. The van der Waals surface area contributed by atoms with Crippen LogP contribution in [0.1, 0.15) is 21.5 Å². The van der Waals surface area contributed by atoms with Gasteiger partial charge in [0.1, 0.15) is 5.70 Å². The second kappa shape index (κ2) is 12.4. The van der Waals surface area contributed by atoms with Crippen molar-refractivity contribution in [3.63, 3.8) is 0 Å². The first-order chi connectivity index (χ1) is 21.4. The van der Waals surface area contributed by atoms with E-state index < -0.39 is 5.97 Å². The van der Waals surface area contributed by atoms with E-state index in [4.69, 9.17) is 0 Å². The van der Waals surface area contributed by atoms with E-state index in [0.717, 1.165) is 16.7 Å². The van der Waals surface area contributed by atoms with Crippen LogP contribution in [0, 0.1) is 6.92 Å². The van der Waals surface area contributed by atoms with Gasteiger partial charge in [-0.15, -0.1) is 0 Å². The lowest BCUT2D eigenvalue weighted by molar-refractivity contribution is -0.114. The predicted octanol–water partition coefficient (Wildman–Crippen LogP) is 7.02. The minimum Gasteiger partial charge on any atom is -0.478 e. The molecule has 0 radical (unpaired) electrons. The summed E-state index contributed by atoms with van der Waals surface area (Å²) < 4.78 is 0. The van der Waals surface area contributed by atoms with Crippen molar-refractivity contribution in [1.29, 1.82) is 0 Å². The quantitative estimate of drug-likeness (QED) is 0.195. The summed E-state index contributed by atoms with van der Waals surface area (Å²) in [7, 11) is 0. The van der Waals surface area contributed by atoms with Crippen molar-refractivity contribution in [3.05, 3.63) is 132 Å². The normalized spacial score (nSPS) is 13.8. The number of aromatic carboxylic acids is 1. The highest BCUT2D eigenvalue weighted by atomic mass is 32.2.